The van der Waals surface area contributed by atoms with Gasteiger partial charge < -0.3 is 4.57 Å². The summed E-state index contributed by atoms with van der Waals surface area (Å²) in [7, 11) is -1.79. The topological polar surface area (TPSA) is 56.1 Å². The molecule has 0 amide bonds. The standard InChI is InChI=1S/C14H15NO3S/c1-11-4-3-5-13(8-11)19(17,18)10-12-6-7-15(2)14(16)9-12/h3-9H,10H2,1-2H3. The molecule has 2 aromatic rings. The Bertz CT molecular complexity index is 760. The van der Waals surface area contributed by atoms with Crippen LogP contribution in [-0.2, 0) is 22.6 Å². The molecule has 1 aromatic carbocycles. The molecule has 100 valence electrons. The summed E-state index contributed by atoms with van der Waals surface area (Å²) in [6.45, 7) is 1.84. The lowest BCUT2D eigenvalue weighted by atomic mass is 10.2. The molecule has 5 heteroatoms. The van der Waals surface area contributed by atoms with Gasteiger partial charge in [0.2, 0.25) is 0 Å². The van der Waals surface area contributed by atoms with Crippen LogP contribution in [-0.4, -0.2) is 13.0 Å². The van der Waals surface area contributed by atoms with Gasteiger partial charge >= 0.3 is 0 Å². The summed E-state index contributed by atoms with van der Waals surface area (Å²) in [6.07, 6.45) is 1.57. The van der Waals surface area contributed by atoms with Gasteiger partial charge in [-0.25, -0.2) is 8.42 Å². The summed E-state index contributed by atoms with van der Waals surface area (Å²) in [5.74, 6) is -0.160. The first-order valence-corrected chi connectivity index (χ1v) is 7.49. The van der Waals surface area contributed by atoms with E-state index in [0.29, 0.717) is 5.56 Å². The molecule has 0 spiro atoms. The highest BCUT2D eigenvalue weighted by Gasteiger charge is 2.15. The second kappa shape index (κ2) is 5.01. The number of aromatic nitrogens is 1. The quantitative estimate of drug-likeness (QED) is 0.857. The number of pyridine rings is 1. The molecule has 0 saturated heterocycles. The summed E-state index contributed by atoms with van der Waals surface area (Å²) < 4.78 is 25.9. The van der Waals surface area contributed by atoms with Crippen LogP contribution in [0.4, 0.5) is 0 Å². The van der Waals surface area contributed by atoms with Crippen molar-refractivity contribution >= 4 is 9.84 Å². The second-order valence-corrected chi connectivity index (χ2v) is 6.55. The first kappa shape index (κ1) is 13.5. The number of aryl methyl sites for hydroxylation is 2. The molecule has 0 aliphatic carbocycles. The predicted octanol–water partition coefficient (Wildman–Crippen LogP) is 1.67. The Labute approximate surface area is 112 Å². The summed E-state index contributed by atoms with van der Waals surface area (Å²) in [6, 6.07) is 9.77. The zero-order valence-corrected chi connectivity index (χ0v) is 11.6. The molecule has 0 N–H and O–H groups in total. The van der Waals surface area contributed by atoms with Crippen LogP contribution in [0.1, 0.15) is 11.1 Å². The smallest absolute Gasteiger partial charge is 0.250 e. The lowest BCUT2D eigenvalue weighted by molar-refractivity contribution is 0.595. The molecular formula is C14H15NO3S. The van der Waals surface area contributed by atoms with Crippen molar-refractivity contribution in [1.82, 2.24) is 4.57 Å². The van der Waals surface area contributed by atoms with E-state index in [1.54, 1.807) is 37.5 Å². The Hall–Kier alpha value is -1.88. The third kappa shape index (κ3) is 3.12. The maximum Gasteiger partial charge on any atom is 0.250 e. The minimum atomic E-state index is -3.41. The number of hydrogen-bond donors (Lipinski definition) is 0. The van der Waals surface area contributed by atoms with E-state index < -0.39 is 9.84 Å². The summed E-state index contributed by atoms with van der Waals surface area (Å²) in [5.41, 5.74) is 1.19. The first-order valence-electron chi connectivity index (χ1n) is 5.83. The molecule has 0 aliphatic rings. The molecule has 0 bridgehead atoms. The molecule has 0 atom stereocenters. The number of benzene rings is 1. The van der Waals surface area contributed by atoms with Crippen LogP contribution in [0.2, 0.25) is 0 Å². The summed E-state index contributed by atoms with van der Waals surface area (Å²) in [5, 5.41) is 0. The number of rotatable bonds is 3. The number of sulfone groups is 1. The van der Waals surface area contributed by atoms with E-state index in [1.165, 1.54) is 10.6 Å². The van der Waals surface area contributed by atoms with Crippen LogP contribution < -0.4 is 5.56 Å². The van der Waals surface area contributed by atoms with E-state index in [4.69, 9.17) is 0 Å². The molecular weight excluding hydrogens is 262 g/mol. The highest BCUT2D eigenvalue weighted by atomic mass is 32.2. The van der Waals surface area contributed by atoms with Crippen molar-refractivity contribution in [2.45, 2.75) is 17.6 Å². The fraction of sp³-hybridized carbons (Fsp3) is 0.214. The third-order valence-corrected chi connectivity index (χ3v) is 4.56. The maximum absolute atomic E-state index is 12.2. The van der Waals surface area contributed by atoms with E-state index in [0.717, 1.165) is 5.56 Å². The normalized spacial score (nSPS) is 11.5. The van der Waals surface area contributed by atoms with Crippen molar-refractivity contribution in [2.24, 2.45) is 7.05 Å². The van der Waals surface area contributed by atoms with Crippen LogP contribution in [0, 0.1) is 6.92 Å². The molecule has 2 rings (SSSR count). The van der Waals surface area contributed by atoms with Crippen LogP contribution in [0.15, 0.2) is 52.3 Å². The zero-order valence-electron chi connectivity index (χ0n) is 10.8. The van der Waals surface area contributed by atoms with Gasteiger partial charge in [0.25, 0.3) is 5.56 Å². The molecule has 0 aliphatic heterocycles. The van der Waals surface area contributed by atoms with Crippen LogP contribution in [0.3, 0.4) is 0 Å². The summed E-state index contributed by atoms with van der Waals surface area (Å²) >= 11 is 0. The zero-order chi connectivity index (χ0) is 14.0. The minimum absolute atomic E-state index is 0.160. The van der Waals surface area contributed by atoms with Gasteiger partial charge in [-0.1, -0.05) is 12.1 Å². The Kier molecular flexibility index (Phi) is 3.57. The van der Waals surface area contributed by atoms with E-state index in [1.807, 2.05) is 13.0 Å². The third-order valence-electron chi connectivity index (χ3n) is 2.87. The van der Waals surface area contributed by atoms with Crippen molar-refractivity contribution < 1.29 is 8.42 Å². The van der Waals surface area contributed by atoms with Gasteiger partial charge in [-0.05, 0) is 36.2 Å². The van der Waals surface area contributed by atoms with E-state index in [9.17, 15) is 13.2 Å². The summed E-state index contributed by atoms with van der Waals surface area (Å²) in [4.78, 5) is 11.8. The SMILES string of the molecule is Cc1cccc(S(=O)(=O)Cc2ccn(C)c(=O)c2)c1. The van der Waals surface area contributed by atoms with E-state index in [2.05, 4.69) is 0 Å². The Morgan fingerprint density at radius 3 is 2.53 bits per heavy atom. The lowest BCUT2D eigenvalue weighted by Crippen LogP contribution is -2.16. The van der Waals surface area contributed by atoms with Gasteiger partial charge in [0.05, 0.1) is 10.6 Å². The van der Waals surface area contributed by atoms with E-state index in [-0.39, 0.29) is 16.2 Å². The fourth-order valence-corrected chi connectivity index (χ4v) is 3.23. The first-order chi connectivity index (χ1) is 8.88. The molecule has 1 aromatic heterocycles. The monoisotopic (exact) mass is 277 g/mol. The number of nitrogens with zero attached hydrogens (tertiary/aromatic N) is 1. The molecule has 0 saturated carbocycles. The molecule has 0 radical (unpaired) electrons. The van der Waals surface area contributed by atoms with Gasteiger partial charge in [-0.3, -0.25) is 4.79 Å². The lowest BCUT2D eigenvalue weighted by Gasteiger charge is -2.06. The molecule has 0 unspecified atom stereocenters. The van der Waals surface area contributed by atoms with Crippen molar-refractivity contribution in [3.05, 3.63) is 64.1 Å². The van der Waals surface area contributed by atoms with Crippen molar-refractivity contribution in [1.29, 1.82) is 0 Å². The fourth-order valence-electron chi connectivity index (χ4n) is 1.79. The van der Waals surface area contributed by atoms with Gasteiger partial charge in [0.1, 0.15) is 0 Å². The largest absolute Gasteiger partial charge is 0.319 e. The average molecular weight is 277 g/mol. The van der Waals surface area contributed by atoms with Gasteiger partial charge in [-0.2, -0.15) is 0 Å². The van der Waals surface area contributed by atoms with Crippen molar-refractivity contribution in [2.75, 3.05) is 0 Å². The molecule has 1 heterocycles. The highest BCUT2D eigenvalue weighted by molar-refractivity contribution is 7.90. The van der Waals surface area contributed by atoms with Gasteiger partial charge in [-0.15, -0.1) is 0 Å². The highest BCUT2D eigenvalue weighted by Crippen LogP contribution is 2.16. The maximum atomic E-state index is 12.2. The van der Waals surface area contributed by atoms with Crippen LogP contribution >= 0.6 is 0 Å². The molecule has 4 nitrogen and oxygen atoms in total. The molecule has 0 fully saturated rings. The van der Waals surface area contributed by atoms with E-state index >= 15 is 0 Å². The molecule has 19 heavy (non-hydrogen) atoms. The predicted molar refractivity (Wildman–Crippen MR) is 73.8 cm³/mol. The van der Waals surface area contributed by atoms with Gasteiger partial charge in [0, 0.05) is 19.3 Å². The van der Waals surface area contributed by atoms with Crippen molar-refractivity contribution in [3.8, 4) is 0 Å². The van der Waals surface area contributed by atoms with Crippen LogP contribution in [0.25, 0.3) is 0 Å². The van der Waals surface area contributed by atoms with Crippen LogP contribution in [0.5, 0.6) is 0 Å². The Morgan fingerprint density at radius 2 is 1.89 bits per heavy atom. The second-order valence-electron chi connectivity index (χ2n) is 4.56. The van der Waals surface area contributed by atoms with Gasteiger partial charge in [0.15, 0.2) is 9.84 Å². The number of hydrogen-bond acceptors (Lipinski definition) is 3. The minimum Gasteiger partial charge on any atom is -0.319 e. The average Bonchev–Trinajstić information content (AvgIpc) is 2.33. The Morgan fingerprint density at radius 1 is 1.16 bits per heavy atom. The van der Waals surface area contributed by atoms with Crippen molar-refractivity contribution in [3.63, 3.8) is 0 Å². The Balaban J connectivity index is 2.36.